The van der Waals surface area contributed by atoms with Gasteiger partial charge in [-0.05, 0) is 53.5 Å². The number of nitrogens with zero attached hydrogens (tertiary/aromatic N) is 4. The van der Waals surface area contributed by atoms with Gasteiger partial charge >= 0.3 is 12.1 Å². The van der Waals surface area contributed by atoms with Gasteiger partial charge < -0.3 is 10.4 Å². The number of aromatic nitrogens is 4. The van der Waals surface area contributed by atoms with Gasteiger partial charge in [-0.2, -0.15) is 18.3 Å². The van der Waals surface area contributed by atoms with Crippen LogP contribution in [0.15, 0.2) is 77.8 Å². The quantitative estimate of drug-likeness (QED) is 0.294. The Morgan fingerprint density at radius 1 is 1.08 bits per heavy atom. The molecule has 0 unspecified atom stereocenters. The predicted octanol–water partition coefficient (Wildman–Crippen LogP) is 5.18. The number of pyridine rings is 1. The zero-order chi connectivity index (χ0) is 27.7. The molecule has 0 saturated carbocycles. The number of carboxylic acid groups (broad SMARTS) is 1. The molecule has 1 amide bonds. The van der Waals surface area contributed by atoms with E-state index in [4.69, 9.17) is 9.74 Å². The first-order valence-electron chi connectivity index (χ1n) is 11.7. The first-order valence-corrected chi connectivity index (χ1v) is 11.7. The van der Waals surface area contributed by atoms with Crippen LogP contribution in [0.3, 0.4) is 0 Å². The molecule has 3 heterocycles. The number of amides is 1. The number of benzene rings is 2. The number of rotatable bonds is 7. The fraction of sp³-hybridized carbons (Fsp3) is 0.148. The van der Waals surface area contributed by atoms with Crippen LogP contribution in [0.2, 0.25) is 0 Å². The van der Waals surface area contributed by atoms with E-state index in [2.05, 4.69) is 20.7 Å². The molecule has 0 radical (unpaired) electrons. The van der Waals surface area contributed by atoms with E-state index in [1.165, 1.54) is 35.0 Å². The number of nitrogens with one attached hydrogen (secondary N) is 1. The molecule has 5 rings (SSSR count). The molecule has 198 valence electrons. The minimum absolute atomic E-state index is 0.125. The third kappa shape index (κ3) is 5.35. The van der Waals surface area contributed by atoms with Crippen LogP contribution in [-0.2, 0) is 12.6 Å². The highest BCUT2D eigenvalue weighted by Gasteiger charge is 2.30. The number of aromatic carboxylic acids is 1. The molecular formula is C27H20F3N5O4. The molecule has 0 aliphatic rings. The molecule has 0 fully saturated rings. The Morgan fingerprint density at radius 3 is 2.41 bits per heavy atom. The lowest BCUT2D eigenvalue weighted by Gasteiger charge is -2.16. The van der Waals surface area contributed by atoms with E-state index in [9.17, 15) is 22.8 Å². The molecule has 39 heavy (non-hydrogen) atoms. The zero-order valence-electron chi connectivity index (χ0n) is 20.3. The summed E-state index contributed by atoms with van der Waals surface area (Å²) in [5.41, 5.74) is 2.93. The van der Waals surface area contributed by atoms with Crippen molar-refractivity contribution in [3.05, 3.63) is 107 Å². The maximum atomic E-state index is 13.6. The summed E-state index contributed by atoms with van der Waals surface area (Å²) < 4.78 is 45.1. The zero-order valence-corrected chi connectivity index (χ0v) is 20.3. The summed E-state index contributed by atoms with van der Waals surface area (Å²) in [6, 6.07) is 12.1. The molecule has 1 atom stereocenters. The van der Waals surface area contributed by atoms with Gasteiger partial charge in [0.2, 0.25) is 0 Å². The first kappa shape index (κ1) is 25.6. The summed E-state index contributed by atoms with van der Waals surface area (Å²) in [5, 5.41) is 23.9. The van der Waals surface area contributed by atoms with Gasteiger partial charge in [-0.25, -0.2) is 13.9 Å². The maximum Gasteiger partial charge on any atom is 0.416 e. The van der Waals surface area contributed by atoms with Crippen LogP contribution in [-0.4, -0.2) is 36.9 Å². The van der Waals surface area contributed by atoms with Crippen LogP contribution < -0.4 is 5.32 Å². The van der Waals surface area contributed by atoms with Crippen molar-refractivity contribution in [3.8, 4) is 11.3 Å². The molecular weight excluding hydrogens is 515 g/mol. The lowest BCUT2D eigenvalue weighted by molar-refractivity contribution is -0.137. The Labute approximate surface area is 218 Å². The molecule has 0 aliphatic heterocycles. The summed E-state index contributed by atoms with van der Waals surface area (Å²) in [5.74, 6) is -1.50. The highest BCUT2D eigenvalue weighted by Crippen LogP contribution is 2.30. The smallest absolute Gasteiger partial charge is 0.416 e. The molecule has 2 aromatic carbocycles. The van der Waals surface area contributed by atoms with Crippen molar-refractivity contribution >= 4 is 17.4 Å². The van der Waals surface area contributed by atoms with Crippen molar-refractivity contribution in [1.29, 1.82) is 0 Å². The first-order chi connectivity index (χ1) is 18.6. The SMILES string of the molecule is C[C@H](NC(=O)c1cc(-c2cnon2)cn2ncc(Cc3ccc(C(F)(F)F)cc3)c12)c1ccc(C(=O)O)cc1. The molecule has 2 N–H and O–H groups in total. The fourth-order valence-electron chi connectivity index (χ4n) is 4.22. The normalized spacial score (nSPS) is 12.4. The third-order valence-electron chi connectivity index (χ3n) is 6.27. The second-order valence-electron chi connectivity index (χ2n) is 8.89. The van der Waals surface area contributed by atoms with E-state index in [1.807, 2.05) is 0 Å². The number of alkyl halides is 3. The van der Waals surface area contributed by atoms with Gasteiger partial charge in [-0.3, -0.25) is 4.79 Å². The number of hydrogen-bond acceptors (Lipinski definition) is 6. The van der Waals surface area contributed by atoms with Gasteiger partial charge in [-0.1, -0.05) is 29.4 Å². The van der Waals surface area contributed by atoms with Crippen LogP contribution in [0.5, 0.6) is 0 Å². The van der Waals surface area contributed by atoms with Gasteiger partial charge in [0.15, 0.2) is 0 Å². The van der Waals surface area contributed by atoms with Crippen molar-refractivity contribution in [3.63, 3.8) is 0 Å². The molecule has 0 spiro atoms. The standard InChI is InChI=1S/C27H20F3N5O4/c1-15(17-4-6-18(7-5-17)26(37)38)33-25(36)22-11-20(23-13-32-39-34-23)14-35-24(22)19(12-31-35)10-16-2-8-21(9-3-16)27(28,29)30/h2-9,11-15H,10H2,1H3,(H,33,36)(H,37,38)/t15-/m0/s1. The van der Waals surface area contributed by atoms with Crippen LogP contribution in [0.1, 0.15) is 55.9 Å². The fourth-order valence-corrected chi connectivity index (χ4v) is 4.22. The summed E-state index contributed by atoms with van der Waals surface area (Å²) >= 11 is 0. The monoisotopic (exact) mass is 535 g/mol. The second kappa shape index (κ2) is 10.0. The van der Waals surface area contributed by atoms with Crippen LogP contribution >= 0.6 is 0 Å². The number of hydrogen-bond donors (Lipinski definition) is 2. The highest BCUT2D eigenvalue weighted by molar-refractivity contribution is 6.02. The highest BCUT2D eigenvalue weighted by atomic mass is 19.4. The molecule has 12 heteroatoms. The van der Waals surface area contributed by atoms with Crippen molar-refractivity contribution < 1.29 is 32.5 Å². The number of carbonyl (C=O) groups is 2. The van der Waals surface area contributed by atoms with E-state index in [0.29, 0.717) is 33.5 Å². The Morgan fingerprint density at radius 2 is 1.79 bits per heavy atom. The lowest BCUT2D eigenvalue weighted by Crippen LogP contribution is -2.27. The van der Waals surface area contributed by atoms with E-state index < -0.39 is 29.7 Å². The lowest BCUT2D eigenvalue weighted by atomic mass is 10.0. The Bertz CT molecular complexity index is 1640. The predicted molar refractivity (Wildman–Crippen MR) is 132 cm³/mol. The van der Waals surface area contributed by atoms with Gasteiger partial charge in [0.25, 0.3) is 5.91 Å². The van der Waals surface area contributed by atoms with Crippen molar-refractivity contribution in [1.82, 2.24) is 25.2 Å². The minimum Gasteiger partial charge on any atom is -0.478 e. The number of fused-ring (bicyclic) bond motifs is 1. The van der Waals surface area contributed by atoms with E-state index in [1.54, 1.807) is 37.5 Å². The number of carbonyl (C=O) groups excluding carboxylic acids is 1. The van der Waals surface area contributed by atoms with E-state index in [0.717, 1.165) is 12.1 Å². The summed E-state index contributed by atoms with van der Waals surface area (Å²) in [7, 11) is 0. The van der Waals surface area contributed by atoms with Crippen molar-refractivity contribution in [2.45, 2.75) is 25.6 Å². The molecule has 0 bridgehead atoms. The van der Waals surface area contributed by atoms with Gasteiger partial charge in [-0.15, -0.1) is 0 Å². The molecule has 3 aromatic heterocycles. The summed E-state index contributed by atoms with van der Waals surface area (Å²) in [6.07, 6.45) is 0.394. The van der Waals surface area contributed by atoms with Crippen molar-refractivity contribution in [2.24, 2.45) is 0 Å². The number of carboxylic acids is 1. The Kier molecular flexibility index (Phi) is 6.60. The van der Waals surface area contributed by atoms with E-state index >= 15 is 0 Å². The largest absolute Gasteiger partial charge is 0.478 e. The molecule has 0 saturated heterocycles. The molecule has 0 aliphatic carbocycles. The van der Waals surface area contributed by atoms with Crippen LogP contribution in [0.25, 0.3) is 16.8 Å². The van der Waals surface area contributed by atoms with Gasteiger partial charge in [0.05, 0.1) is 40.6 Å². The van der Waals surface area contributed by atoms with E-state index in [-0.39, 0.29) is 17.5 Å². The maximum absolute atomic E-state index is 13.6. The van der Waals surface area contributed by atoms with Gasteiger partial charge in [0, 0.05) is 23.7 Å². The number of halogens is 3. The minimum atomic E-state index is -4.44. The summed E-state index contributed by atoms with van der Waals surface area (Å²) in [4.78, 5) is 24.7. The summed E-state index contributed by atoms with van der Waals surface area (Å²) in [6.45, 7) is 1.76. The Balaban J connectivity index is 1.50. The third-order valence-corrected chi connectivity index (χ3v) is 6.27. The second-order valence-corrected chi connectivity index (χ2v) is 8.89. The molecule has 9 nitrogen and oxygen atoms in total. The Hall–Kier alpha value is -5.00. The molecule has 5 aromatic rings. The average Bonchev–Trinajstić information content (AvgIpc) is 3.59. The van der Waals surface area contributed by atoms with Gasteiger partial charge in [0.1, 0.15) is 5.69 Å². The average molecular weight is 535 g/mol. The van der Waals surface area contributed by atoms with Crippen LogP contribution in [0, 0.1) is 0 Å². The van der Waals surface area contributed by atoms with Crippen molar-refractivity contribution in [2.75, 3.05) is 0 Å². The topological polar surface area (TPSA) is 123 Å². The van der Waals surface area contributed by atoms with Crippen LogP contribution in [0.4, 0.5) is 13.2 Å².